The molecule has 20 heavy (non-hydrogen) atoms. The Kier molecular flexibility index (Phi) is 4.64. The first-order chi connectivity index (χ1) is 9.43. The van der Waals surface area contributed by atoms with Gasteiger partial charge in [0.15, 0.2) is 5.78 Å². The second-order valence-electron chi connectivity index (χ2n) is 6.18. The quantitative estimate of drug-likeness (QED) is 0.748. The Morgan fingerprint density at radius 3 is 2.20 bits per heavy atom. The van der Waals surface area contributed by atoms with Gasteiger partial charge in [-0.15, -0.1) is 0 Å². The van der Waals surface area contributed by atoms with Gasteiger partial charge in [0.05, 0.1) is 6.10 Å². The van der Waals surface area contributed by atoms with Crippen molar-refractivity contribution in [3.63, 3.8) is 0 Å². The van der Waals surface area contributed by atoms with E-state index in [9.17, 15) is 4.79 Å². The molecule has 110 valence electrons. The Bertz CT molecular complexity index is 484. The smallest absolute Gasteiger partial charge is 0.163 e. The molecule has 2 rings (SSSR count). The van der Waals surface area contributed by atoms with E-state index in [1.54, 1.807) is 0 Å². The summed E-state index contributed by atoms with van der Waals surface area (Å²) in [6, 6.07) is 2.18. The summed E-state index contributed by atoms with van der Waals surface area (Å²) in [5.41, 5.74) is 5.70. The van der Waals surface area contributed by atoms with E-state index in [0.717, 1.165) is 36.1 Å². The van der Waals surface area contributed by atoms with Crippen LogP contribution in [0.25, 0.3) is 0 Å². The lowest BCUT2D eigenvalue weighted by molar-refractivity contribution is -0.0246. The summed E-state index contributed by atoms with van der Waals surface area (Å²) in [5.74, 6) is 0.824. The minimum absolute atomic E-state index is 0.312. The standard InChI is InChI=1S/C18H26O2/c1-6-20-16-8-15(9-16)10-17(19)18-13(4)11(2)7-12(3)14(18)5/h7,15-16H,6,8-10H2,1-5H3. The van der Waals surface area contributed by atoms with Crippen LogP contribution in [0.5, 0.6) is 0 Å². The van der Waals surface area contributed by atoms with E-state index in [-0.39, 0.29) is 0 Å². The maximum Gasteiger partial charge on any atom is 0.163 e. The largest absolute Gasteiger partial charge is 0.378 e. The van der Waals surface area contributed by atoms with E-state index in [1.807, 2.05) is 6.92 Å². The molecule has 1 aromatic carbocycles. The van der Waals surface area contributed by atoms with Crippen LogP contribution in [0, 0.1) is 33.6 Å². The first kappa shape index (κ1) is 15.2. The normalized spacial score (nSPS) is 21.6. The summed E-state index contributed by atoms with van der Waals surface area (Å²) in [6.45, 7) is 11.1. The van der Waals surface area contributed by atoms with E-state index in [1.165, 1.54) is 11.1 Å². The monoisotopic (exact) mass is 274 g/mol. The Hall–Kier alpha value is -1.15. The predicted octanol–water partition coefficient (Wildman–Crippen LogP) is 4.31. The number of ether oxygens (including phenoxy) is 1. The fourth-order valence-corrected chi connectivity index (χ4v) is 3.21. The fraction of sp³-hybridized carbons (Fsp3) is 0.611. The highest BCUT2D eigenvalue weighted by molar-refractivity contribution is 5.99. The molecule has 2 nitrogen and oxygen atoms in total. The number of ketones is 1. The van der Waals surface area contributed by atoms with Gasteiger partial charge in [-0.05, 0) is 75.6 Å². The van der Waals surface area contributed by atoms with Crippen molar-refractivity contribution in [2.75, 3.05) is 6.61 Å². The van der Waals surface area contributed by atoms with Gasteiger partial charge >= 0.3 is 0 Å². The van der Waals surface area contributed by atoms with Gasteiger partial charge in [0.1, 0.15) is 0 Å². The van der Waals surface area contributed by atoms with Gasteiger partial charge in [-0.2, -0.15) is 0 Å². The lowest BCUT2D eigenvalue weighted by Gasteiger charge is -2.34. The molecule has 1 aliphatic carbocycles. The summed E-state index contributed by atoms with van der Waals surface area (Å²) in [7, 11) is 0. The summed E-state index contributed by atoms with van der Waals surface area (Å²) < 4.78 is 5.57. The molecule has 2 heteroatoms. The minimum atomic E-state index is 0.312. The van der Waals surface area contributed by atoms with Gasteiger partial charge in [0.2, 0.25) is 0 Å². The van der Waals surface area contributed by atoms with Gasteiger partial charge in [0, 0.05) is 18.6 Å². The second-order valence-corrected chi connectivity index (χ2v) is 6.18. The van der Waals surface area contributed by atoms with Crippen LogP contribution < -0.4 is 0 Å². The number of rotatable bonds is 5. The van der Waals surface area contributed by atoms with Gasteiger partial charge < -0.3 is 4.74 Å². The maximum atomic E-state index is 12.6. The number of Topliss-reactive ketones (excluding diaryl/α,β-unsaturated/α-hetero) is 1. The number of carbonyl (C=O) groups excluding carboxylic acids is 1. The van der Waals surface area contributed by atoms with Gasteiger partial charge in [-0.25, -0.2) is 0 Å². The van der Waals surface area contributed by atoms with E-state index in [4.69, 9.17) is 4.74 Å². The summed E-state index contributed by atoms with van der Waals surface area (Å²) in [5, 5.41) is 0. The van der Waals surface area contributed by atoms with Crippen molar-refractivity contribution in [2.45, 2.75) is 60.0 Å². The van der Waals surface area contributed by atoms with E-state index in [0.29, 0.717) is 24.2 Å². The molecule has 0 bridgehead atoms. The molecule has 1 saturated carbocycles. The number of hydrogen-bond donors (Lipinski definition) is 0. The van der Waals surface area contributed by atoms with Crippen LogP contribution in [-0.2, 0) is 4.74 Å². The molecule has 0 N–H and O–H groups in total. The van der Waals surface area contributed by atoms with Crippen LogP contribution in [-0.4, -0.2) is 18.5 Å². The van der Waals surface area contributed by atoms with Crippen LogP contribution in [0.2, 0.25) is 0 Å². The van der Waals surface area contributed by atoms with Gasteiger partial charge in [0.25, 0.3) is 0 Å². The number of benzene rings is 1. The summed E-state index contributed by atoms with van der Waals surface area (Å²) >= 11 is 0. The van der Waals surface area contributed by atoms with Crippen LogP contribution in [0.4, 0.5) is 0 Å². The lowest BCUT2D eigenvalue weighted by Crippen LogP contribution is -2.33. The first-order valence-electron chi connectivity index (χ1n) is 7.66. The third kappa shape index (κ3) is 2.95. The number of aryl methyl sites for hydroxylation is 2. The zero-order chi connectivity index (χ0) is 14.9. The van der Waals surface area contributed by atoms with Gasteiger partial charge in [-0.1, -0.05) is 6.07 Å². The molecule has 0 radical (unpaired) electrons. The summed E-state index contributed by atoms with van der Waals surface area (Å²) in [4.78, 5) is 12.6. The molecule has 0 spiro atoms. The molecule has 0 amide bonds. The predicted molar refractivity (Wildman–Crippen MR) is 82.5 cm³/mol. The second kappa shape index (κ2) is 6.09. The van der Waals surface area contributed by atoms with Crippen LogP contribution in [0.3, 0.4) is 0 Å². The van der Waals surface area contributed by atoms with E-state index in [2.05, 4.69) is 33.8 Å². The molecular formula is C18H26O2. The van der Waals surface area contributed by atoms with Crippen molar-refractivity contribution in [3.8, 4) is 0 Å². The molecule has 0 aromatic heterocycles. The zero-order valence-corrected chi connectivity index (χ0v) is 13.4. The molecule has 0 unspecified atom stereocenters. The Morgan fingerprint density at radius 1 is 1.15 bits per heavy atom. The molecule has 1 aliphatic rings. The number of carbonyl (C=O) groups is 1. The Labute approximate surface area is 122 Å². The Morgan fingerprint density at radius 2 is 1.70 bits per heavy atom. The van der Waals surface area contributed by atoms with Gasteiger partial charge in [-0.3, -0.25) is 4.79 Å². The zero-order valence-electron chi connectivity index (χ0n) is 13.4. The summed E-state index contributed by atoms with van der Waals surface area (Å²) in [6.07, 6.45) is 3.15. The molecule has 0 heterocycles. The van der Waals surface area contributed by atoms with Crippen molar-refractivity contribution in [2.24, 2.45) is 5.92 Å². The van der Waals surface area contributed by atoms with Crippen molar-refractivity contribution in [1.29, 1.82) is 0 Å². The average molecular weight is 274 g/mol. The van der Waals surface area contributed by atoms with Crippen LogP contribution in [0.1, 0.15) is 58.8 Å². The van der Waals surface area contributed by atoms with E-state index < -0.39 is 0 Å². The highest BCUT2D eigenvalue weighted by Crippen LogP contribution is 2.34. The van der Waals surface area contributed by atoms with Crippen molar-refractivity contribution >= 4 is 5.78 Å². The number of hydrogen-bond acceptors (Lipinski definition) is 2. The maximum absolute atomic E-state index is 12.6. The highest BCUT2D eigenvalue weighted by Gasteiger charge is 2.32. The van der Waals surface area contributed by atoms with Crippen molar-refractivity contribution in [3.05, 3.63) is 33.9 Å². The average Bonchev–Trinajstić information content (AvgIpc) is 2.34. The first-order valence-corrected chi connectivity index (χ1v) is 7.66. The third-order valence-electron chi connectivity index (χ3n) is 4.71. The van der Waals surface area contributed by atoms with Crippen LogP contribution >= 0.6 is 0 Å². The van der Waals surface area contributed by atoms with Crippen LogP contribution in [0.15, 0.2) is 6.07 Å². The molecule has 0 atom stereocenters. The van der Waals surface area contributed by atoms with Crippen molar-refractivity contribution in [1.82, 2.24) is 0 Å². The molecule has 1 fully saturated rings. The highest BCUT2D eigenvalue weighted by atomic mass is 16.5. The topological polar surface area (TPSA) is 26.3 Å². The molecule has 0 saturated heterocycles. The molecule has 0 aliphatic heterocycles. The molecular weight excluding hydrogens is 248 g/mol. The minimum Gasteiger partial charge on any atom is -0.378 e. The van der Waals surface area contributed by atoms with E-state index >= 15 is 0 Å². The van der Waals surface area contributed by atoms with Crippen molar-refractivity contribution < 1.29 is 9.53 Å². The third-order valence-corrected chi connectivity index (χ3v) is 4.71. The molecule has 1 aromatic rings. The lowest BCUT2D eigenvalue weighted by atomic mass is 9.77. The Balaban J connectivity index is 2.07. The fourth-order valence-electron chi connectivity index (χ4n) is 3.21. The SMILES string of the molecule is CCOC1CC(CC(=O)c2c(C)c(C)cc(C)c2C)C1.